The van der Waals surface area contributed by atoms with Crippen LogP contribution in [0, 0.1) is 0 Å². The van der Waals surface area contributed by atoms with Crippen molar-refractivity contribution in [2.75, 3.05) is 27.2 Å². The van der Waals surface area contributed by atoms with Gasteiger partial charge in [0.1, 0.15) is 5.54 Å². The molecule has 1 rings (SSSR count). The van der Waals surface area contributed by atoms with Gasteiger partial charge in [0.15, 0.2) is 0 Å². The number of ether oxygens (including phenoxy) is 1. The summed E-state index contributed by atoms with van der Waals surface area (Å²) in [5.41, 5.74) is -0.569. The molecule has 0 radical (unpaired) electrons. The normalized spacial score (nSPS) is 20.1. The van der Waals surface area contributed by atoms with E-state index in [-0.39, 0.29) is 5.97 Å². The first kappa shape index (κ1) is 12.5. The first-order valence-electron chi connectivity index (χ1n) is 5.57. The highest BCUT2D eigenvalue weighted by Crippen LogP contribution is 2.23. The van der Waals surface area contributed by atoms with Gasteiger partial charge in [-0.25, -0.2) is 0 Å². The Labute approximate surface area is 92.0 Å². The highest BCUT2D eigenvalue weighted by Gasteiger charge is 2.39. The third-order valence-electron chi connectivity index (χ3n) is 2.46. The van der Waals surface area contributed by atoms with Crippen molar-refractivity contribution in [1.29, 1.82) is 0 Å². The lowest BCUT2D eigenvalue weighted by molar-refractivity contribution is -0.151. The Balaban J connectivity index is 2.59. The molecule has 4 heteroatoms. The van der Waals surface area contributed by atoms with Gasteiger partial charge in [0.25, 0.3) is 0 Å². The Morgan fingerprint density at radius 3 is 2.53 bits per heavy atom. The number of carbonyl (C=O) groups excluding carboxylic acids is 1. The van der Waals surface area contributed by atoms with Crippen LogP contribution in [0.25, 0.3) is 0 Å². The van der Waals surface area contributed by atoms with E-state index in [2.05, 4.69) is 5.32 Å². The molecule has 0 spiro atoms. The Hall–Kier alpha value is -0.610. The van der Waals surface area contributed by atoms with E-state index in [9.17, 15) is 4.79 Å². The summed E-state index contributed by atoms with van der Waals surface area (Å²) in [5, 5.41) is 3.37. The second kappa shape index (κ2) is 4.94. The predicted octanol–water partition coefficient (Wildman–Crippen LogP) is 0.622. The lowest BCUT2D eigenvalue weighted by Gasteiger charge is -2.31. The summed E-state index contributed by atoms with van der Waals surface area (Å²) in [4.78, 5) is 13.9. The van der Waals surface area contributed by atoms with Gasteiger partial charge in [0.05, 0.1) is 6.61 Å². The van der Waals surface area contributed by atoms with Crippen LogP contribution in [0.5, 0.6) is 0 Å². The number of hydrogen-bond acceptors (Lipinski definition) is 4. The molecule has 0 aromatic heterocycles. The number of nitrogens with zero attached hydrogens (tertiary/aromatic N) is 1. The van der Waals surface area contributed by atoms with Gasteiger partial charge in [-0.1, -0.05) is 0 Å². The topological polar surface area (TPSA) is 41.6 Å². The minimum absolute atomic E-state index is 0.148. The fraction of sp³-hybridized carbons (Fsp3) is 0.909. The molecule has 1 aliphatic carbocycles. The molecule has 0 bridgehead atoms. The minimum Gasteiger partial charge on any atom is -0.465 e. The van der Waals surface area contributed by atoms with Crippen molar-refractivity contribution < 1.29 is 9.53 Å². The Morgan fingerprint density at radius 2 is 2.13 bits per heavy atom. The molecule has 1 unspecified atom stereocenters. The van der Waals surface area contributed by atoms with Gasteiger partial charge in [-0.05, 0) is 40.8 Å². The summed E-state index contributed by atoms with van der Waals surface area (Å²) < 4.78 is 5.11. The van der Waals surface area contributed by atoms with Gasteiger partial charge in [-0.15, -0.1) is 0 Å². The van der Waals surface area contributed by atoms with E-state index in [1.165, 1.54) is 12.8 Å². The summed E-state index contributed by atoms with van der Waals surface area (Å²) in [6.45, 7) is 4.87. The maximum Gasteiger partial charge on any atom is 0.327 e. The van der Waals surface area contributed by atoms with Crippen LogP contribution in [0.2, 0.25) is 0 Å². The Kier molecular flexibility index (Phi) is 4.11. The first-order chi connectivity index (χ1) is 6.98. The number of carbonyl (C=O) groups is 1. The lowest BCUT2D eigenvalue weighted by atomic mass is 10.0. The van der Waals surface area contributed by atoms with Crippen molar-refractivity contribution in [2.45, 2.75) is 38.3 Å². The zero-order valence-corrected chi connectivity index (χ0v) is 10.2. The average molecular weight is 214 g/mol. The second-order valence-corrected chi connectivity index (χ2v) is 4.71. The number of esters is 1. The van der Waals surface area contributed by atoms with Crippen LogP contribution in [0.3, 0.4) is 0 Å². The van der Waals surface area contributed by atoms with Crippen LogP contribution in [0.4, 0.5) is 0 Å². The summed E-state index contributed by atoms with van der Waals surface area (Å²) in [7, 11) is 3.93. The SMILES string of the molecule is CCOC(=O)C(C)(CN(C)C)NC1CC1. The molecule has 88 valence electrons. The van der Waals surface area contributed by atoms with Crippen LogP contribution in [-0.4, -0.2) is 49.7 Å². The van der Waals surface area contributed by atoms with Gasteiger partial charge < -0.3 is 9.64 Å². The fourth-order valence-electron chi connectivity index (χ4n) is 1.77. The van der Waals surface area contributed by atoms with Gasteiger partial charge >= 0.3 is 5.97 Å². The zero-order chi connectivity index (χ0) is 11.5. The molecule has 0 aliphatic heterocycles. The zero-order valence-electron chi connectivity index (χ0n) is 10.2. The molecule has 1 aliphatic rings. The molecule has 1 fully saturated rings. The van der Waals surface area contributed by atoms with Crippen molar-refractivity contribution in [2.24, 2.45) is 0 Å². The fourth-order valence-corrected chi connectivity index (χ4v) is 1.77. The number of rotatable bonds is 6. The second-order valence-electron chi connectivity index (χ2n) is 4.71. The highest BCUT2D eigenvalue weighted by atomic mass is 16.5. The summed E-state index contributed by atoms with van der Waals surface area (Å²) >= 11 is 0. The van der Waals surface area contributed by atoms with E-state index < -0.39 is 5.54 Å². The first-order valence-corrected chi connectivity index (χ1v) is 5.57. The summed E-state index contributed by atoms with van der Waals surface area (Å²) in [6, 6.07) is 0.499. The van der Waals surface area contributed by atoms with E-state index in [0.717, 1.165) is 0 Å². The molecule has 1 atom stereocenters. The molecule has 0 heterocycles. The standard InChI is InChI=1S/C11H22N2O2/c1-5-15-10(14)11(2,8-13(3)4)12-9-6-7-9/h9,12H,5-8H2,1-4H3. The summed E-state index contributed by atoms with van der Waals surface area (Å²) in [6.07, 6.45) is 2.34. The van der Waals surface area contributed by atoms with Crippen LogP contribution in [0.15, 0.2) is 0 Å². The van der Waals surface area contributed by atoms with E-state index >= 15 is 0 Å². The number of nitrogens with one attached hydrogen (secondary N) is 1. The Morgan fingerprint density at radius 1 is 1.53 bits per heavy atom. The molecule has 15 heavy (non-hydrogen) atoms. The van der Waals surface area contributed by atoms with Crippen LogP contribution < -0.4 is 5.32 Å². The van der Waals surface area contributed by atoms with Crippen molar-refractivity contribution in [3.05, 3.63) is 0 Å². The maximum atomic E-state index is 11.9. The quantitative estimate of drug-likeness (QED) is 0.658. The molecule has 0 aromatic rings. The van der Waals surface area contributed by atoms with E-state index in [1.807, 2.05) is 32.8 Å². The minimum atomic E-state index is -0.569. The molecule has 1 N–H and O–H groups in total. The van der Waals surface area contributed by atoms with Gasteiger partial charge in [-0.2, -0.15) is 0 Å². The molecular formula is C11H22N2O2. The molecular weight excluding hydrogens is 192 g/mol. The predicted molar refractivity (Wildman–Crippen MR) is 59.7 cm³/mol. The number of hydrogen-bond donors (Lipinski definition) is 1. The largest absolute Gasteiger partial charge is 0.465 e. The third kappa shape index (κ3) is 3.80. The third-order valence-corrected chi connectivity index (χ3v) is 2.46. The van der Waals surface area contributed by atoms with Crippen molar-refractivity contribution in [3.8, 4) is 0 Å². The van der Waals surface area contributed by atoms with Crippen LogP contribution in [0.1, 0.15) is 26.7 Å². The summed E-state index contributed by atoms with van der Waals surface area (Å²) in [5.74, 6) is -0.148. The van der Waals surface area contributed by atoms with E-state index in [1.54, 1.807) is 0 Å². The van der Waals surface area contributed by atoms with Gasteiger partial charge in [-0.3, -0.25) is 10.1 Å². The molecule has 4 nitrogen and oxygen atoms in total. The van der Waals surface area contributed by atoms with Crippen molar-refractivity contribution >= 4 is 5.97 Å². The van der Waals surface area contributed by atoms with Gasteiger partial charge in [0.2, 0.25) is 0 Å². The molecule has 0 amide bonds. The lowest BCUT2D eigenvalue weighted by Crippen LogP contribution is -2.57. The number of likely N-dealkylation sites (N-methyl/N-ethyl adjacent to an activating group) is 1. The van der Waals surface area contributed by atoms with Crippen molar-refractivity contribution in [1.82, 2.24) is 10.2 Å². The monoisotopic (exact) mass is 214 g/mol. The van der Waals surface area contributed by atoms with Crippen LogP contribution in [-0.2, 0) is 9.53 Å². The molecule has 1 saturated carbocycles. The van der Waals surface area contributed by atoms with E-state index in [4.69, 9.17) is 4.74 Å². The van der Waals surface area contributed by atoms with E-state index in [0.29, 0.717) is 19.2 Å². The average Bonchev–Trinajstić information content (AvgIpc) is 2.87. The Bertz CT molecular complexity index is 221. The highest BCUT2D eigenvalue weighted by molar-refractivity contribution is 5.80. The van der Waals surface area contributed by atoms with Crippen molar-refractivity contribution in [3.63, 3.8) is 0 Å². The maximum absolute atomic E-state index is 11.9. The molecule has 0 aromatic carbocycles. The smallest absolute Gasteiger partial charge is 0.327 e. The van der Waals surface area contributed by atoms with Gasteiger partial charge in [0, 0.05) is 12.6 Å². The van der Waals surface area contributed by atoms with Crippen LogP contribution >= 0.6 is 0 Å². The molecule has 0 saturated heterocycles.